The quantitative estimate of drug-likeness (QED) is 0.666. The number of halogens is 1. The van der Waals surface area contributed by atoms with Gasteiger partial charge in [0.05, 0.1) is 0 Å². The van der Waals surface area contributed by atoms with Crippen LogP contribution in [0.25, 0.3) is 0 Å². The minimum Gasteiger partial charge on any atom is -0.299 e. The normalized spacial score (nSPS) is 17.1. The van der Waals surface area contributed by atoms with E-state index in [9.17, 15) is 0 Å². The molecule has 1 aromatic rings. The van der Waals surface area contributed by atoms with Gasteiger partial charge in [0.1, 0.15) is 0 Å². The largest absolute Gasteiger partial charge is 0.299 e. The second kappa shape index (κ2) is 3.69. The van der Waals surface area contributed by atoms with Crippen LogP contribution in [0.15, 0.2) is 18.2 Å². The molecule has 0 bridgehead atoms. The first-order valence-corrected chi connectivity index (χ1v) is 5.17. The highest BCUT2D eigenvalue weighted by molar-refractivity contribution is 6.30. The Bertz CT molecular complexity index is 309. The van der Waals surface area contributed by atoms with Gasteiger partial charge < -0.3 is 0 Å². The van der Waals surface area contributed by atoms with Gasteiger partial charge in [0.2, 0.25) is 0 Å². The Morgan fingerprint density at radius 1 is 1.38 bits per heavy atom. The molecule has 2 rings (SSSR count). The number of rotatable bonds is 1. The fraction of sp³-hybridized carbons (Fsp3) is 0.455. The van der Waals surface area contributed by atoms with Crippen LogP contribution in [0.3, 0.4) is 0 Å². The third kappa shape index (κ3) is 1.87. The van der Waals surface area contributed by atoms with Crippen molar-refractivity contribution in [2.24, 2.45) is 0 Å². The number of nitrogens with zero attached hydrogens (tertiary/aromatic N) is 1. The lowest BCUT2D eigenvalue weighted by molar-refractivity contribution is 0.268. The van der Waals surface area contributed by atoms with Crippen molar-refractivity contribution in [1.82, 2.24) is 4.90 Å². The highest BCUT2D eigenvalue weighted by Gasteiger charge is 2.14. The Morgan fingerprint density at radius 2 is 2.23 bits per heavy atom. The summed E-state index contributed by atoms with van der Waals surface area (Å²) in [5.41, 5.74) is 2.87. The number of hydrogen-bond acceptors (Lipinski definition) is 1. The van der Waals surface area contributed by atoms with Gasteiger partial charge in [0.25, 0.3) is 0 Å². The second-order valence-corrected chi connectivity index (χ2v) is 3.97. The van der Waals surface area contributed by atoms with Crippen LogP contribution >= 0.6 is 11.6 Å². The van der Waals surface area contributed by atoms with Crippen molar-refractivity contribution in [2.45, 2.75) is 19.9 Å². The molecule has 0 unspecified atom stereocenters. The fourth-order valence-electron chi connectivity index (χ4n) is 1.85. The molecule has 0 radical (unpaired) electrons. The smallest absolute Gasteiger partial charge is 0.0408 e. The topological polar surface area (TPSA) is 3.24 Å². The van der Waals surface area contributed by atoms with Crippen LogP contribution in [-0.4, -0.2) is 18.0 Å². The number of likely N-dealkylation sites (N-methyl/N-ethyl adjacent to an activating group) is 1. The second-order valence-electron chi connectivity index (χ2n) is 3.53. The van der Waals surface area contributed by atoms with E-state index in [2.05, 4.69) is 24.0 Å². The van der Waals surface area contributed by atoms with Gasteiger partial charge in [-0.1, -0.05) is 24.6 Å². The molecule has 1 heterocycles. The molecule has 0 amide bonds. The van der Waals surface area contributed by atoms with Gasteiger partial charge in [0, 0.05) is 18.1 Å². The van der Waals surface area contributed by atoms with E-state index < -0.39 is 0 Å². The third-order valence-corrected chi connectivity index (χ3v) is 2.94. The summed E-state index contributed by atoms with van der Waals surface area (Å²) in [5.74, 6) is 0. The van der Waals surface area contributed by atoms with Crippen LogP contribution in [0.5, 0.6) is 0 Å². The maximum absolute atomic E-state index is 5.93. The number of fused-ring (bicyclic) bond motifs is 1. The van der Waals surface area contributed by atoms with Crippen molar-refractivity contribution in [3.05, 3.63) is 34.3 Å². The Morgan fingerprint density at radius 3 is 3.00 bits per heavy atom. The summed E-state index contributed by atoms with van der Waals surface area (Å²) in [6, 6.07) is 6.24. The van der Waals surface area contributed by atoms with Gasteiger partial charge in [-0.3, -0.25) is 4.90 Å². The van der Waals surface area contributed by atoms with E-state index in [0.717, 1.165) is 24.5 Å². The molecule has 13 heavy (non-hydrogen) atoms. The van der Waals surface area contributed by atoms with Gasteiger partial charge >= 0.3 is 0 Å². The molecule has 1 aromatic carbocycles. The molecule has 1 nitrogen and oxygen atoms in total. The molecule has 1 aliphatic heterocycles. The van der Waals surface area contributed by atoms with Crippen LogP contribution < -0.4 is 0 Å². The Labute approximate surface area is 84.3 Å². The summed E-state index contributed by atoms with van der Waals surface area (Å²) in [6.07, 6.45) is 1.14. The predicted octanol–water partition coefficient (Wildman–Crippen LogP) is 2.72. The fourth-order valence-corrected chi connectivity index (χ4v) is 2.04. The zero-order valence-corrected chi connectivity index (χ0v) is 8.64. The number of hydrogen-bond donors (Lipinski definition) is 0. The molecule has 2 heteroatoms. The van der Waals surface area contributed by atoms with Crippen LogP contribution in [0.1, 0.15) is 18.1 Å². The first kappa shape index (κ1) is 9.04. The van der Waals surface area contributed by atoms with Crippen molar-refractivity contribution >= 4 is 11.6 Å². The predicted molar refractivity (Wildman–Crippen MR) is 56.1 cm³/mol. The van der Waals surface area contributed by atoms with Gasteiger partial charge in [-0.05, 0) is 36.2 Å². The molecule has 0 spiro atoms. The first-order chi connectivity index (χ1) is 6.29. The molecule has 0 atom stereocenters. The lowest BCUT2D eigenvalue weighted by Crippen LogP contribution is -2.30. The SMILES string of the molecule is CCN1CCc2cc(Cl)ccc2C1. The first-order valence-electron chi connectivity index (χ1n) is 4.79. The summed E-state index contributed by atoms with van der Waals surface area (Å²) in [4.78, 5) is 2.45. The van der Waals surface area contributed by atoms with Crippen molar-refractivity contribution in [2.75, 3.05) is 13.1 Å². The summed E-state index contributed by atoms with van der Waals surface area (Å²) < 4.78 is 0. The van der Waals surface area contributed by atoms with Gasteiger partial charge in [0.15, 0.2) is 0 Å². The van der Waals surface area contributed by atoms with Crippen LogP contribution in [0, 0.1) is 0 Å². The van der Waals surface area contributed by atoms with Crippen molar-refractivity contribution < 1.29 is 0 Å². The highest BCUT2D eigenvalue weighted by Crippen LogP contribution is 2.22. The maximum atomic E-state index is 5.93. The van der Waals surface area contributed by atoms with Gasteiger partial charge in [-0.2, -0.15) is 0 Å². The molecule has 0 fully saturated rings. The van der Waals surface area contributed by atoms with E-state index >= 15 is 0 Å². The summed E-state index contributed by atoms with van der Waals surface area (Å²) >= 11 is 5.93. The average molecular weight is 196 g/mol. The van der Waals surface area contributed by atoms with E-state index in [1.54, 1.807) is 0 Å². The average Bonchev–Trinajstić information content (AvgIpc) is 2.17. The number of benzene rings is 1. The molecule has 70 valence electrons. The van der Waals surface area contributed by atoms with E-state index in [4.69, 9.17) is 11.6 Å². The summed E-state index contributed by atoms with van der Waals surface area (Å²) in [5, 5.41) is 0.865. The van der Waals surface area contributed by atoms with E-state index in [0.29, 0.717) is 0 Å². The minimum atomic E-state index is 0.865. The molecule has 0 aromatic heterocycles. The molecule has 0 N–H and O–H groups in total. The van der Waals surface area contributed by atoms with E-state index in [-0.39, 0.29) is 0 Å². The Hall–Kier alpha value is -0.530. The molecular weight excluding hydrogens is 182 g/mol. The molecular formula is C11H14ClN. The van der Waals surface area contributed by atoms with Crippen LogP contribution in [-0.2, 0) is 13.0 Å². The third-order valence-electron chi connectivity index (χ3n) is 2.71. The zero-order valence-electron chi connectivity index (χ0n) is 7.89. The van der Waals surface area contributed by atoms with E-state index in [1.807, 2.05) is 6.07 Å². The van der Waals surface area contributed by atoms with E-state index in [1.165, 1.54) is 17.7 Å². The monoisotopic (exact) mass is 195 g/mol. The van der Waals surface area contributed by atoms with Crippen molar-refractivity contribution in [3.8, 4) is 0 Å². The lowest BCUT2D eigenvalue weighted by Gasteiger charge is -2.27. The summed E-state index contributed by atoms with van der Waals surface area (Å²) in [6.45, 7) is 5.61. The Balaban J connectivity index is 2.26. The van der Waals surface area contributed by atoms with Crippen LogP contribution in [0.4, 0.5) is 0 Å². The maximum Gasteiger partial charge on any atom is 0.0408 e. The van der Waals surface area contributed by atoms with Crippen molar-refractivity contribution in [3.63, 3.8) is 0 Å². The summed E-state index contributed by atoms with van der Waals surface area (Å²) in [7, 11) is 0. The molecule has 0 aliphatic carbocycles. The molecule has 1 aliphatic rings. The molecule has 0 saturated heterocycles. The Kier molecular flexibility index (Phi) is 2.56. The van der Waals surface area contributed by atoms with Gasteiger partial charge in [-0.15, -0.1) is 0 Å². The standard InChI is InChI=1S/C11H14ClN/c1-2-13-6-5-9-7-11(12)4-3-10(9)8-13/h3-4,7H,2,5-6,8H2,1H3. The highest BCUT2D eigenvalue weighted by atomic mass is 35.5. The lowest BCUT2D eigenvalue weighted by atomic mass is 10.00. The molecule has 0 saturated carbocycles. The minimum absolute atomic E-state index is 0.865. The van der Waals surface area contributed by atoms with Crippen molar-refractivity contribution in [1.29, 1.82) is 0 Å². The van der Waals surface area contributed by atoms with Gasteiger partial charge in [-0.25, -0.2) is 0 Å². The van der Waals surface area contributed by atoms with Crippen LogP contribution in [0.2, 0.25) is 5.02 Å². The zero-order chi connectivity index (χ0) is 9.26.